The number of pyridine rings is 1. The van der Waals surface area contributed by atoms with E-state index in [9.17, 15) is 31.4 Å². The number of benzene rings is 2. The summed E-state index contributed by atoms with van der Waals surface area (Å²) in [6.07, 6.45) is -9.55. The second-order valence-electron chi connectivity index (χ2n) is 8.33. The molecule has 166 valence electrons. The number of nitrogens with zero attached hydrogens (tertiary/aromatic N) is 1. The van der Waals surface area contributed by atoms with Crippen molar-refractivity contribution in [2.45, 2.75) is 50.1 Å². The smallest absolute Gasteiger partial charge is 0.380 e. The first-order valence-electron chi connectivity index (χ1n) is 9.52. The average Bonchev–Trinajstić information content (AvgIpc) is 2.66. The molecule has 0 fully saturated rings. The van der Waals surface area contributed by atoms with Crippen molar-refractivity contribution in [1.82, 2.24) is 4.98 Å². The van der Waals surface area contributed by atoms with Crippen molar-refractivity contribution >= 4 is 10.9 Å². The highest BCUT2D eigenvalue weighted by atomic mass is 19.4. The second-order valence-corrected chi connectivity index (χ2v) is 8.33. The van der Waals surface area contributed by atoms with Gasteiger partial charge in [-0.2, -0.15) is 26.3 Å². The Labute approximate surface area is 175 Å². The summed E-state index contributed by atoms with van der Waals surface area (Å²) < 4.78 is 80.6. The van der Waals surface area contributed by atoms with E-state index in [1.807, 2.05) is 0 Å². The Morgan fingerprint density at radius 1 is 0.806 bits per heavy atom. The maximum atomic E-state index is 14.0. The zero-order valence-corrected chi connectivity index (χ0v) is 16.8. The molecule has 0 spiro atoms. The number of alkyl halides is 6. The first kappa shape index (κ1) is 23.1. The Balaban J connectivity index is 1.97. The van der Waals surface area contributed by atoms with Crippen LogP contribution in [0.3, 0.4) is 0 Å². The number of halogens is 6. The van der Waals surface area contributed by atoms with Gasteiger partial charge >= 0.3 is 12.4 Å². The van der Waals surface area contributed by atoms with Crippen LogP contribution in [-0.4, -0.2) is 21.9 Å². The lowest BCUT2D eigenvalue weighted by Gasteiger charge is -2.38. The lowest BCUT2D eigenvalue weighted by Crippen LogP contribution is -2.50. The number of aromatic nitrogens is 1. The summed E-state index contributed by atoms with van der Waals surface area (Å²) in [7, 11) is 0. The van der Waals surface area contributed by atoms with Crippen molar-refractivity contribution in [3.05, 3.63) is 77.5 Å². The van der Waals surface area contributed by atoms with Crippen molar-refractivity contribution in [2.75, 3.05) is 0 Å². The first-order chi connectivity index (χ1) is 14.2. The lowest BCUT2D eigenvalue weighted by atomic mass is 9.73. The summed E-state index contributed by atoms with van der Waals surface area (Å²) in [6, 6.07) is 12.1. The van der Waals surface area contributed by atoms with Crippen LogP contribution in [0.5, 0.6) is 0 Å². The fourth-order valence-electron chi connectivity index (χ4n) is 3.83. The average molecular weight is 441 g/mol. The maximum absolute atomic E-state index is 14.0. The highest BCUT2D eigenvalue weighted by molar-refractivity contribution is 5.81. The van der Waals surface area contributed by atoms with E-state index in [0.29, 0.717) is 10.9 Å². The van der Waals surface area contributed by atoms with Gasteiger partial charge < -0.3 is 5.11 Å². The number of hydrogen-bond acceptors (Lipinski definition) is 2. The Kier molecular flexibility index (Phi) is 5.82. The van der Waals surface area contributed by atoms with E-state index >= 15 is 0 Å². The highest BCUT2D eigenvalue weighted by Crippen LogP contribution is 2.44. The zero-order chi connectivity index (χ0) is 23.1. The predicted octanol–water partition coefficient (Wildman–Crippen LogP) is 6.46. The molecule has 1 atom stereocenters. The minimum absolute atomic E-state index is 0.266. The molecule has 0 aliphatic rings. The molecule has 3 rings (SSSR count). The summed E-state index contributed by atoms with van der Waals surface area (Å²) in [5.41, 5.74) is -4.18. The quantitative estimate of drug-likeness (QED) is 0.461. The number of hydrogen-bond donors (Lipinski definition) is 1. The number of aliphatic hydroxyl groups is 1. The fraction of sp³-hybridized carbons (Fsp3) is 0.348. The highest BCUT2D eigenvalue weighted by Gasteiger charge is 2.55. The Hall–Kier alpha value is -2.61. The third-order valence-corrected chi connectivity index (χ3v) is 5.48. The topological polar surface area (TPSA) is 33.1 Å². The normalized spacial score (nSPS) is 15.1. The minimum atomic E-state index is -4.96. The Bertz CT molecular complexity index is 1050. The Morgan fingerprint density at radius 3 is 1.97 bits per heavy atom. The number of fused-ring (bicyclic) bond motifs is 1. The monoisotopic (exact) mass is 441 g/mol. The van der Waals surface area contributed by atoms with E-state index < -0.39 is 41.8 Å². The van der Waals surface area contributed by atoms with Gasteiger partial charge in [0.1, 0.15) is 0 Å². The molecule has 1 N–H and O–H groups in total. The molecule has 2 nitrogen and oxygen atoms in total. The first-order valence-corrected chi connectivity index (χ1v) is 9.52. The molecule has 0 aliphatic heterocycles. The summed E-state index contributed by atoms with van der Waals surface area (Å²) in [5.74, 6) is 0. The van der Waals surface area contributed by atoms with E-state index in [4.69, 9.17) is 0 Å². The van der Waals surface area contributed by atoms with Crippen LogP contribution in [0, 0.1) is 0 Å². The number of para-hydroxylation sites is 1. The molecule has 2 aromatic carbocycles. The van der Waals surface area contributed by atoms with Gasteiger partial charge in [0, 0.05) is 18.0 Å². The molecule has 3 aromatic rings. The molecule has 0 saturated carbocycles. The van der Waals surface area contributed by atoms with Crippen LogP contribution < -0.4 is 0 Å². The molecule has 1 aromatic heterocycles. The van der Waals surface area contributed by atoms with Crippen molar-refractivity contribution in [3.8, 4) is 0 Å². The van der Waals surface area contributed by atoms with Gasteiger partial charge in [-0.25, -0.2) is 0 Å². The molecule has 1 heterocycles. The third-order valence-electron chi connectivity index (χ3n) is 5.48. The fourth-order valence-corrected chi connectivity index (χ4v) is 3.83. The number of rotatable bonds is 5. The van der Waals surface area contributed by atoms with Gasteiger partial charge in [0.15, 0.2) is 5.60 Å². The third kappa shape index (κ3) is 4.84. The van der Waals surface area contributed by atoms with Gasteiger partial charge in [0.25, 0.3) is 0 Å². The molecule has 0 amide bonds. The van der Waals surface area contributed by atoms with Crippen LogP contribution in [0.4, 0.5) is 26.3 Å². The van der Waals surface area contributed by atoms with E-state index in [0.717, 1.165) is 24.3 Å². The van der Waals surface area contributed by atoms with Crippen LogP contribution in [0.15, 0.2) is 60.8 Å². The summed E-state index contributed by atoms with van der Waals surface area (Å²) in [4.78, 5) is 4.13. The van der Waals surface area contributed by atoms with Crippen LogP contribution in [0.2, 0.25) is 0 Å². The molecule has 1 unspecified atom stereocenters. The molecular formula is C23H21F6NO. The largest absolute Gasteiger partial charge is 0.417 e. The van der Waals surface area contributed by atoms with Crippen molar-refractivity contribution < 1.29 is 31.4 Å². The van der Waals surface area contributed by atoms with Gasteiger partial charge in [-0.3, -0.25) is 4.98 Å². The summed E-state index contributed by atoms with van der Waals surface area (Å²) in [5, 5.41) is 11.3. The summed E-state index contributed by atoms with van der Waals surface area (Å²) >= 11 is 0. The van der Waals surface area contributed by atoms with Gasteiger partial charge in [-0.15, -0.1) is 0 Å². The van der Waals surface area contributed by atoms with Crippen LogP contribution in [0.25, 0.3) is 10.9 Å². The van der Waals surface area contributed by atoms with Crippen molar-refractivity contribution in [1.29, 1.82) is 0 Å². The van der Waals surface area contributed by atoms with Gasteiger partial charge in [0.2, 0.25) is 0 Å². The van der Waals surface area contributed by atoms with Gasteiger partial charge in [0.05, 0.1) is 11.1 Å². The van der Waals surface area contributed by atoms with Crippen molar-refractivity contribution in [2.24, 2.45) is 0 Å². The van der Waals surface area contributed by atoms with E-state index in [1.54, 1.807) is 24.3 Å². The van der Waals surface area contributed by atoms with Gasteiger partial charge in [-0.1, -0.05) is 44.2 Å². The molecule has 0 aliphatic carbocycles. The molecule has 0 bridgehead atoms. The molecule has 0 radical (unpaired) electrons. The Morgan fingerprint density at radius 2 is 1.39 bits per heavy atom. The van der Waals surface area contributed by atoms with Crippen LogP contribution >= 0.6 is 0 Å². The van der Waals surface area contributed by atoms with Crippen LogP contribution in [0.1, 0.15) is 37.0 Å². The molecule has 8 heteroatoms. The molecular weight excluding hydrogens is 420 g/mol. The predicted molar refractivity (Wildman–Crippen MR) is 106 cm³/mol. The van der Waals surface area contributed by atoms with Crippen LogP contribution in [-0.2, 0) is 18.0 Å². The molecule has 31 heavy (non-hydrogen) atoms. The standard InChI is InChI=1S/C23H21F6NO/c1-20(2,16-7-9-17(10-8-16)22(24,25)26)14-21(31,23(27,28)29)13-15-11-12-30-19-6-4-3-5-18(15)19/h3-12,31H,13-14H2,1-2H3. The van der Waals surface area contributed by atoms with E-state index in [1.165, 1.54) is 26.1 Å². The zero-order valence-electron chi connectivity index (χ0n) is 16.8. The lowest BCUT2D eigenvalue weighted by molar-refractivity contribution is -0.266. The SMILES string of the molecule is CC(C)(CC(O)(Cc1ccnc2ccccc12)C(F)(F)F)c1ccc(C(F)(F)F)cc1. The molecule has 0 saturated heterocycles. The van der Waals surface area contributed by atoms with E-state index in [-0.39, 0.29) is 11.1 Å². The second kappa shape index (κ2) is 7.82. The van der Waals surface area contributed by atoms with Gasteiger partial charge in [-0.05, 0) is 47.2 Å². The van der Waals surface area contributed by atoms with Crippen molar-refractivity contribution in [3.63, 3.8) is 0 Å². The maximum Gasteiger partial charge on any atom is 0.417 e. The minimum Gasteiger partial charge on any atom is -0.380 e. The van der Waals surface area contributed by atoms with E-state index in [2.05, 4.69) is 4.98 Å². The summed E-state index contributed by atoms with van der Waals surface area (Å²) in [6.45, 7) is 2.94.